The van der Waals surface area contributed by atoms with Crippen LogP contribution in [0.4, 0.5) is 0 Å². The summed E-state index contributed by atoms with van der Waals surface area (Å²) >= 11 is 0. The van der Waals surface area contributed by atoms with Crippen molar-refractivity contribution < 1.29 is 0 Å². The monoisotopic (exact) mass is 387 g/mol. The Balaban J connectivity index is 1.51. The fourth-order valence-corrected chi connectivity index (χ4v) is 5.62. The number of benzene rings is 3. The van der Waals surface area contributed by atoms with Gasteiger partial charge in [-0.1, -0.05) is 88.4 Å². The summed E-state index contributed by atoms with van der Waals surface area (Å²) in [5.74, 6) is 0. The van der Waals surface area contributed by atoms with Crippen molar-refractivity contribution in [2.45, 2.75) is 38.5 Å². The predicted octanol–water partition coefficient (Wildman–Crippen LogP) is 7.36. The van der Waals surface area contributed by atoms with Crippen LogP contribution in [0.15, 0.2) is 79.0 Å². The SMILES string of the molecule is CC1(C)c2ccccc2-c2ccc(-c3cc4c(cn3)-c3ccccc3C4(C)C)cc21. The number of aromatic nitrogens is 1. The van der Waals surface area contributed by atoms with Crippen LogP contribution >= 0.6 is 0 Å². The molecule has 0 unspecified atom stereocenters. The molecule has 146 valence electrons. The van der Waals surface area contributed by atoms with Gasteiger partial charge in [-0.2, -0.15) is 0 Å². The molecule has 0 atom stereocenters. The van der Waals surface area contributed by atoms with Crippen molar-refractivity contribution in [2.24, 2.45) is 0 Å². The number of fused-ring (bicyclic) bond motifs is 6. The second-order valence-electron chi connectivity index (χ2n) is 9.72. The molecule has 2 aliphatic carbocycles. The van der Waals surface area contributed by atoms with Crippen molar-refractivity contribution in [1.82, 2.24) is 4.98 Å². The summed E-state index contributed by atoms with van der Waals surface area (Å²) in [5, 5.41) is 0. The Morgan fingerprint density at radius 3 is 1.73 bits per heavy atom. The topological polar surface area (TPSA) is 12.9 Å². The molecule has 3 aromatic carbocycles. The van der Waals surface area contributed by atoms with Crippen LogP contribution in [0.25, 0.3) is 33.5 Å². The molecule has 0 spiro atoms. The number of hydrogen-bond donors (Lipinski definition) is 0. The van der Waals surface area contributed by atoms with Gasteiger partial charge in [0.1, 0.15) is 0 Å². The molecule has 30 heavy (non-hydrogen) atoms. The van der Waals surface area contributed by atoms with E-state index in [1.165, 1.54) is 50.1 Å². The van der Waals surface area contributed by atoms with Crippen molar-refractivity contribution in [3.63, 3.8) is 0 Å². The van der Waals surface area contributed by atoms with Crippen LogP contribution in [0, 0.1) is 0 Å². The molecule has 1 aromatic heterocycles. The van der Waals surface area contributed by atoms with Crippen molar-refractivity contribution in [3.8, 4) is 33.5 Å². The Morgan fingerprint density at radius 1 is 0.533 bits per heavy atom. The normalized spacial score (nSPS) is 16.5. The zero-order chi connectivity index (χ0) is 20.7. The summed E-state index contributed by atoms with van der Waals surface area (Å²) < 4.78 is 0. The van der Waals surface area contributed by atoms with E-state index >= 15 is 0 Å². The highest BCUT2D eigenvalue weighted by atomic mass is 14.7. The Kier molecular flexibility index (Phi) is 3.35. The van der Waals surface area contributed by atoms with Crippen molar-refractivity contribution >= 4 is 0 Å². The molecular weight excluding hydrogens is 362 g/mol. The molecule has 0 fully saturated rings. The van der Waals surface area contributed by atoms with E-state index in [-0.39, 0.29) is 10.8 Å². The summed E-state index contributed by atoms with van der Waals surface area (Å²) in [5.41, 5.74) is 13.1. The van der Waals surface area contributed by atoms with Crippen LogP contribution in [0.2, 0.25) is 0 Å². The van der Waals surface area contributed by atoms with Crippen molar-refractivity contribution in [3.05, 3.63) is 101 Å². The highest BCUT2D eigenvalue weighted by molar-refractivity contribution is 5.85. The van der Waals surface area contributed by atoms with E-state index < -0.39 is 0 Å². The lowest BCUT2D eigenvalue weighted by atomic mass is 9.81. The number of rotatable bonds is 1. The first-order valence-electron chi connectivity index (χ1n) is 10.7. The number of pyridine rings is 1. The van der Waals surface area contributed by atoms with Gasteiger partial charge in [-0.3, -0.25) is 4.98 Å². The van der Waals surface area contributed by atoms with E-state index in [1.54, 1.807) is 0 Å². The second-order valence-corrected chi connectivity index (χ2v) is 9.72. The summed E-state index contributed by atoms with van der Waals surface area (Å²) in [6, 6.07) is 26.7. The Morgan fingerprint density at radius 2 is 1.07 bits per heavy atom. The van der Waals surface area contributed by atoms with Gasteiger partial charge in [-0.15, -0.1) is 0 Å². The average Bonchev–Trinajstić information content (AvgIpc) is 3.14. The molecule has 1 heteroatoms. The number of hydrogen-bond acceptors (Lipinski definition) is 1. The van der Waals surface area contributed by atoms with Gasteiger partial charge in [-0.25, -0.2) is 0 Å². The van der Waals surface area contributed by atoms with Gasteiger partial charge < -0.3 is 0 Å². The Labute approximate surface area is 178 Å². The molecule has 0 aliphatic heterocycles. The predicted molar refractivity (Wildman–Crippen MR) is 125 cm³/mol. The highest BCUT2D eigenvalue weighted by Gasteiger charge is 2.37. The van der Waals surface area contributed by atoms with Crippen LogP contribution in [0.5, 0.6) is 0 Å². The molecule has 6 rings (SSSR count). The first kappa shape index (κ1) is 17.7. The van der Waals surface area contributed by atoms with E-state index in [0.717, 1.165) is 5.69 Å². The quantitative estimate of drug-likeness (QED) is 0.332. The molecule has 2 aliphatic rings. The van der Waals surface area contributed by atoms with Crippen molar-refractivity contribution in [2.75, 3.05) is 0 Å². The lowest BCUT2D eigenvalue weighted by molar-refractivity contribution is 0.659. The largest absolute Gasteiger partial charge is 0.256 e. The van der Waals surface area contributed by atoms with Crippen LogP contribution < -0.4 is 0 Å². The van der Waals surface area contributed by atoms with Gasteiger partial charge in [0, 0.05) is 28.2 Å². The lowest BCUT2D eigenvalue weighted by Crippen LogP contribution is -2.15. The molecule has 0 amide bonds. The van der Waals surface area contributed by atoms with Gasteiger partial charge in [0.15, 0.2) is 0 Å². The fraction of sp³-hybridized carbons (Fsp3) is 0.207. The standard InChI is InChI=1S/C29H25N/c1-28(2)23-11-7-5-9-19(23)21-14-13-18(15-25(21)28)27-16-26-22(17-30-27)20-10-6-8-12-24(20)29(26,3)4/h5-17H,1-4H3. The second kappa shape index (κ2) is 5.70. The molecule has 1 nitrogen and oxygen atoms in total. The van der Waals surface area contributed by atoms with Gasteiger partial charge in [0.2, 0.25) is 0 Å². The third kappa shape index (κ3) is 2.15. The van der Waals surface area contributed by atoms with Crippen LogP contribution in [-0.4, -0.2) is 4.98 Å². The molecule has 0 saturated carbocycles. The van der Waals surface area contributed by atoms with Gasteiger partial charge >= 0.3 is 0 Å². The molecule has 4 aromatic rings. The van der Waals surface area contributed by atoms with Gasteiger partial charge in [0.05, 0.1) is 5.69 Å². The summed E-state index contributed by atoms with van der Waals surface area (Å²) in [7, 11) is 0. The zero-order valence-electron chi connectivity index (χ0n) is 18.0. The average molecular weight is 388 g/mol. The van der Waals surface area contributed by atoms with Crippen molar-refractivity contribution in [1.29, 1.82) is 0 Å². The highest BCUT2D eigenvalue weighted by Crippen LogP contribution is 2.51. The molecule has 0 N–H and O–H groups in total. The zero-order valence-corrected chi connectivity index (χ0v) is 18.0. The Bertz CT molecular complexity index is 1240. The maximum Gasteiger partial charge on any atom is 0.0705 e. The third-order valence-electron chi connectivity index (χ3n) is 7.35. The van der Waals surface area contributed by atoms with E-state index in [9.17, 15) is 0 Å². The summed E-state index contributed by atoms with van der Waals surface area (Å²) in [4.78, 5) is 4.91. The van der Waals surface area contributed by atoms with E-state index in [4.69, 9.17) is 4.98 Å². The van der Waals surface area contributed by atoms with Crippen LogP contribution in [-0.2, 0) is 10.8 Å². The Hall–Kier alpha value is -3.19. The first-order valence-corrected chi connectivity index (χ1v) is 10.7. The van der Waals surface area contributed by atoms with Crippen LogP contribution in [0.1, 0.15) is 49.9 Å². The lowest BCUT2D eigenvalue weighted by Gasteiger charge is -2.23. The summed E-state index contributed by atoms with van der Waals surface area (Å²) in [6.07, 6.45) is 2.07. The third-order valence-corrected chi connectivity index (χ3v) is 7.35. The van der Waals surface area contributed by atoms with Gasteiger partial charge in [0.25, 0.3) is 0 Å². The molecule has 0 saturated heterocycles. The number of nitrogens with zero attached hydrogens (tertiary/aromatic N) is 1. The molecular formula is C29H25N. The van der Waals surface area contributed by atoms with E-state index in [0.29, 0.717) is 0 Å². The van der Waals surface area contributed by atoms with E-state index in [1.807, 2.05) is 0 Å². The summed E-state index contributed by atoms with van der Waals surface area (Å²) in [6.45, 7) is 9.31. The minimum atomic E-state index is -0.00412. The maximum absolute atomic E-state index is 4.91. The fourth-order valence-electron chi connectivity index (χ4n) is 5.62. The minimum absolute atomic E-state index is 0.00412. The van der Waals surface area contributed by atoms with E-state index in [2.05, 4.69) is 107 Å². The molecule has 0 bridgehead atoms. The van der Waals surface area contributed by atoms with Gasteiger partial charge in [-0.05, 0) is 51.1 Å². The minimum Gasteiger partial charge on any atom is -0.256 e. The molecule has 0 radical (unpaired) electrons. The molecule has 1 heterocycles. The maximum atomic E-state index is 4.91. The van der Waals surface area contributed by atoms with Crippen LogP contribution in [0.3, 0.4) is 0 Å². The first-order chi connectivity index (χ1) is 14.4. The smallest absolute Gasteiger partial charge is 0.0705 e.